The van der Waals surface area contributed by atoms with Gasteiger partial charge in [0, 0.05) is 19.4 Å². The topological polar surface area (TPSA) is 93.7 Å². The third-order valence-electron chi connectivity index (χ3n) is 4.33. The SMILES string of the molecule is CC(C)C[C@@H](C(=O)NC(C(=O)NC(C)(C)C)C(C)(C)C)[C@@H]1OC(C)(C)OC1=O. The molecule has 0 aliphatic carbocycles. The Balaban J connectivity index is 3.09. The number of amides is 2. The van der Waals surface area contributed by atoms with Gasteiger partial charge in [-0.15, -0.1) is 0 Å². The Bertz CT molecular complexity index is 599. The molecule has 0 aromatic rings. The molecule has 1 rings (SSSR count). The molecule has 28 heavy (non-hydrogen) atoms. The highest BCUT2D eigenvalue weighted by atomic mass is 16.8. The van der Waals surface area contributed by atoms with E-state index in [2.05, 4.69) is 10.6 Å². The van der Waals surface area contributed by atoms with Crippen molar-refractivity contribution in [3.8, 4) is 0 Å². The molecule has 1 aliphatic rings. The van der Waals surface area contributed by atoms with Crippen LogP contribution in [0.15, 0.2) is 0 Å². The molecular formula is C21H38N2O5. The van der Waals surface area contributed by atoms with E-state index in [0.29, 0.717) is 6.42 Å². The van der Waals surface area contributed by atoms with E-state index in [-0.39, 0.29) is 17.7 Å². The number of cyclic esters (lactones) is 1. The van der Waals surface area contributed by atoms with Gasteiger partial charge in [0.1, 0.15) is 6.04 Å². The fourth-order valence-corrected chi connectivity index (χ4v) is 3.17. The molecule has 0 radical (unpaired) electrons. The summed E-state index contributed by atoms with van der Waals surface area (Å²) in [7, 11) is 0. The number of carbonyl (C=O) groups is 3. The highest BCUT2D eigenvalue weighted by Gasteiger charge is 2.48. The Hall–Kier alpha value is -1.63. The van der Waals surface area contributed by atoms with Crippen molar-refractivity contribution >= 4 is 17.8 Å². The summed E-state index contributed by atoms with van der Waals surface area (Å²) in [6.07, 6.45) is -0.539. The van der Waals surface area contributed by atoms with Crippen molar-refractivity contribution < 1.29 is 23.9 Å². The second kappa shape index (κ2) is 8.39. The van der Waals surface area contributed by atoms with E-state index in [1.54, 1.807) is 13.8 Å². The van der Waals surface area contributed by atoms with Crippen molar-refractivity contribution in [1.29, 1.82) is 0 Å². The summed E-state index contributed by atoms with van der Waals surface area (Å²) in [4.78, 5) is 38.3. The van der Waals surface area contributed by atoms with E-state index in [1.165, 1.54) is 0 Å². The van der Waals surface area contributed by atoms with Gasteiger partial charge in [0.2, 0.25) is 17.6 Å². The van der Waals surface area contributed by atoms with Gasteiger partial charge in [-0.2, -0.15) is 0 Å². The number of rotatable bonds is 6. The number of hydrogen-bond acceptors (Lipinski definition) is 5. The second-order valence-electron chi connectivity index (χ2n) is 10.6. The first-order valence-corrected chi connectivity index (χ1v) is 9.96. The molecule has 0 spiro atoms. The summed E-state index contributed by atoms with van der Waals surface area (Å²) in [5, 5.41) is 5.80. The standard InChI is InChI=1S/C21H38N2O5/c1-12(2)11-13(14-18(26)28-21(9,10)27-14)16(24)22-15(19(3,4)5)17(25)23-20(6,7)8/h12-15H,11H2,1-10H3,(H,22,24)(H,23,25)/t13-,14+,15?/m1/s1. The first-order valence-electron chi connectivity index (χ1n) is 9.96. The largest absolute Gasteiger partial charge is 0.432 e. The van der Waals surface area contributed by atoms with Crippen LogP contribution < -0.4 is 10.6 Å². The van der Waals surface area contributed by atoms with Gasteiger partial charge in [0.15, 0.2) is 6.10 Å². The maximum Gasteiger partial charge on any atom is 0.338 e. The summed E-state index contributed by atoms with van der Waals surface area (Å²) in [5.74, 6) is -2.82. The summed E-state index contributed by atoms with van der Waals surface area (Å²) >= 11 is 0. The number of carbonyl (C=O) groups excluding carboxylic acids is 3. The first-order chi connectivity index (χ1) is 12.4. The Kier molecular flexibility index (Phi) is 7.32. The van der Waals surface area contributed by atoms with Crippen LogP contribution in [-0.2, 0) is 23.9 Å². The summed E-state index contributed by atoms with van der Waals surface area (Å²) < 4.78 is 11.0. The predicted molar refractivity (Wildman–Crippen MR) is 107 cm³/mol. The molecule has 1 fully saturated rings. The molecule has 2 N–H and O–H groups in total. The van der Waals surface area contributed by atoms with Crippen LogP contribution in [0.25, 0.3) is 0 Å². The first kappa shape index (κ1) is 24.4. The maximum atomic E-state index is 13.2. The van der Waals surface area contributed by atoms with E-state index in [0.717, 1.165) is 0 Å². The van der Waals surface area contributed by atoms with Crippen molar-refractivity contribution in [3.05, 3.63) is 0 Å². The lowest BCUT2D eigenvalue weighted by Crippen LogP contribution is -2.58. The van der Waals surface area contributed by atoms with E-state index in [1.807, 2.05) is 55.4 Å². The van der Waals surface area contributed by atoms with E-state index >= 15 is 0 Å². The van der Waals surface area contributed by atoms with Crippen LogP contribution in [0.2, 0.25) is 0 Å². The van der Waals surface area contributed by atoms with Gasteiger partial charge in [-0.1, -0.05) is 34.6 Å². The smallest absolute Gasteiger partial charge is 0.338 e. The fourth-order valence-electron chi connectivity index (χ4n) is 3.17. The number of hydrogen-bond donors (Lipinski definition) is 2. The second-order valence-corrected chi connectivity index (χ2v) is 10.6. The zero-order chi connectivity index (χ0) is 22.1. The minimum absolute atomic E-state index is 0.160. The summed E-state index contributed by atoms with van der Waals surface area (Å²) in [6.45, 7) is 18.6. The van der Waals surface area contributed by atoms with Crippen LogP contribution in [-0.4, -0.2) is 41.3 Å². The average Bonchev–Trinajstić information content (AvgIpc) is 2.71. The molecule has 7 heteroatoms. The average molecular weight is 399 g/mol. The van der Waals surface area contributed by atoms with Gasteiger partial charge in [0.05, 0.1) is 5.92 Å². The predicted octanol–water partition coefficient (Wildman–Crippen LogP) is 2.77. The Morgan fingerprint density at radius 1 is 1.07 bits per heavy atom. The van der Waals surface area contributed by atoms with Gasteiger partial charge in [-0.25, -0.2) is 4.79 Å². The number of ether oxygens (including phenoxy) is 2. The zero-order valence-electron chi connectivity index (χ0n) is 19.1. The zero-order valence-corrected chi connectivity index (χ0v) is 19.1. The summed E-state index contributed by atoms with van der Waals surface area (Å²) in [5.41, 5.74) is -0.936. The molecule has 0 aromatic heterocycles. The lowest BCUT2D eigenvalue weighted by atomic mass is 9.84. The van der Waals surface area contributed by atoms with Gasteiger partial charge in [-0.3, -0.25) is 9.59 Å². The molecule has 1 heterocycles. The van der Waals surface area contributed by atoms with Gasteiger partial charge in [0.25, 0.3) is 0 Å². The highest BCUT2D eigenvalue weighted by molar-refractivity contribution is 5.92. The third-order valence-corrected chi connectivity index (χ3v) is 4.33. The molecule has 0 saturated carbocycles. The lowest BCUT2D eigenvalue weighted by molar-refractivity contribution is -0.162. The van der Waals surface area contributed by atoms with E-state index < -0.39 is 40.8 Å². The van der Waals surface area contributed by atoms with Crippen LogP contribution >= 0.6 is 0 Å². The van der Waals surface area contributed by atoms with Gasteiger partial charge >= 0.3 is 5.97 Å². The minimum atomic E-state index is -1.07. The van der Waals surface area contributed by atoms with Crippen LogP contribution in [0.1, 0.15) is 75.7 Å². The molecule has 3 atom stereocenters. The van der Waals surface area contributed by atoms with Crippen molar-refractivity contribution in [2.45, 2.75) is 99.1 Å². The minimum Gasteiger partial charge on any atom is -0.432 e. The lowest BCUT2D eigenvalue weighted by Gasteiger charge is -2.34. The molecule has 1 aliphatic heterocycles. The van der Waals surface area contributed by atoms with Gasteiger partial charge in [-0.05, 0) is 38.5 Å². The Morgan fingerprint density at radius 2 is 1.61 bits per heavy atom. The van der Waals surface area contributed by atoms with Crippen LogP contribution in [0, 0.1) is 17.3 Å². The normalized spacial score (nSPS) is 21.8. The highest BCUT2D eigenvalue weighted by Crippen LogP contribution is 2.32. The van der Waals surface area contributed by atoms with Gasteiger partial charge < -0.3 is 20.1 Å². The quantitative estimate of drug-likeness (QED) is 0.671. The molecule has 2 amide bonds. The van der Waals surface area contributed by atoms with E-state index in [4.69, 9.17) is 9.47 Å². The fraction of sp³-hybridized carbons (Fsp3) is 0.857. The molecular weight excluding hydrogens is 360 g/mol. The van der Waals surface area contributed by atoms with Crippen LogP contribution in [0.3, 0.4) is 0 Å². The Morgan fingerprint density at radius 3 is 1.96 bits per heavy atom. The summed E-state index contributed by atoms with van der Waals surface area (Å²) in [6, 6.07) is -0.751. The maximum absolute atomic E-state index is 13.2. The number of nitrogens with one attached hydrogen (secondary N) is 2. The van der Waals surface area contributed by atoms with Crippen LogP contribution in [0.5, 0.6) is 0 Å². The molecule has 0 bridgehead atoms. The molecule has 1 unspecified atom stereocenters. The Labute approximate surface area is 169 Å². The monoisotopic (exact) mass is 398 g/mol. The molecule has 7 nitrogen and oxygen atoms in total. The molecule has 162 valence electrons. The number of esters is 1. The van der Waals surface area contributed by atoms with E-state index in [9.17, 15) is 14.4 Å². The van der Waals surface area contributed by atoms with Crippen molar-refractivity contribution in [3.63, 3.8) is 0 Å². The third kappa shape index (κ3) is 7.08. The molecule has 1 saturated heterocycles. The van der Waals surface area contributed by atoms with Crippen molar-refractivity contribution in [1.82, 2.24) is 10.6 Å². The van der Waals surface area contributed by atoms with Crippen LogP contribution in [0.4, 0.5) is 0 Å². The molecule has 0 aromatic carbocycles. The van der Waals surface area contributed by atoms with Crippen molar-refractivity contribution in [2.75, 3.05) is 0 Å². The van der Waals surface area contributed by atoms with Crippen molar-refractivity contribution in [2.24, 2.45) is 17.3 Å².